The molecular formula is C28H18F3NO5S3. The van der Waals surface area contributed by atoms with Crippen LogP contribution in [0.3, 0.4) is 0 Å². The van der Waals surface area contributed by atoms with Crippen LogP contribution in [0.5, 0.6) is 11.5 Å². The standard InChI is InChI=1S/C28H18F3NO5S3/c1-36-23-14-17(12-13-22(23)37-40(34,35)25-11-4-7-18-6-2-3-10-21(18)25)15-24-26(33)32(27(38)39-24)20-9-5-8-19(16-20)28(29,30)31/h2-16H,1H3/b24-15+. The number of anilines is 1. The number of thioether (sulfide) groups is 1. The van der Waals surface area contributed by atoms with Gasteiger partial charge in [-0.05, 0) is 53.4 Å². The average molecular weight is 602 g/mol. The normalized spacial score (nSPS) is 15.2. The van der Waals surface area contributed by atoms with Gasteiger partial charge in [0, 0.05) is 5.39 Å². The Hall–Kier alpha value is -3.87. The summed E-state index contributed by atoms with van der Waals surface area (Å²) in [5.74, 6) is -0.567. The number of hydrogen-bond acceptors (Lipinski definition) is 7. The smallest absolute Gasteiger partial charge is 0.416 e. The van der Waals surface area contributed by atoms with Crippen molar-refractivity contribution in [1.82, 2.24) is 0 Å². The Balaban J connectivity index is 1.42. The molecule has 0 N–H and O–H groups in total. The fourth-order valence-electron chi connectivity index (χ4n) is 4.08. The van der Waals surface area contributed by atoms with E-state index in [2.05, 4.69) is 0 Å². The molecule has 0 spiro atoms. The number of alkyl halides is 3. The molecular weight excluding hydrogens is 584 g/mol. The Morgan fingerprint density at radius 2 is 1.65 bits per heavy atom. The van der Waals surface area contributed by atoms with Gasteiger partial charge in [-0.25, -0.2) is 0 Å². The van der Waals surface area contributed by atoms with Gasteiger partial charge in [-0.3, -0.25) is 9.69 Å². The van der Waals surface area contributed by atoms with Crippen molar-refractivity contribution in [1.29, 1.82) is 0 Å². The van der Waals surface area contributed by atoms with Crippen LogP contribution in [0.1, 0.15) is 11.1 Å². The highest BCUT2D eigenvalue weighted by molar-refractivity contribution is 8.27. The minimum absolute atomic E-state index is 0.000644. The number of hydrogen-bond donors (Lipinski definition) is 0. The number of nitrogens with zero attached hydrogens (tertiary/aromatic N) is 1. The van der Waals surface area contributed by atoms with Gasteiger partial charge in [0.05, 0.1) is 23.3 Å². The van der Waals surface area contributed by atoms with Crippen molar-refractivity contribution in [2.45, 2.75) is 11.1 Å². The highest BCUT2D eigenvalue weighted by Gasteiger charge is 2.36. The number of amides is 1. The molecule has 1 aliphatic heterocycles. The van der Waals surface area contributed by atoms with E-state index < -0.39 is 27.8 Å². The van der Waals surface area contributed by atoms with Crippen molar-refractivity contribution in [2.75, 3.05) is 12.0 Å². The first-order chi connectivity index (χ1) is 19.0. The van der Waals surface area contributed by atoms with Gasteiger partial charge in [0.25, 0.3) is 5.91 Å². The molecule has 6 nitrogen and oxygen atoms in total. The molecule has 4 aromatic rings. The fourth-order valence-corrected chi connectivity index (χ4v) is 6.55. The third-order valence-electron chi connectivity index (χ3n) is 5.93. The van der Waals surface area contributed by atoms with E-state index in [0.29, 0.717) is 10.9 Å². The van der Waals surface area contributed by atoms with Gasteiger partial charge < -0.3 is 8.92 Å². The number of ether oxygens (including phenoxy) is 1. The van der Waals surface area contributed by atoms with Crippen molar-refractivity contribution in [3.8, 4) is 11.5 Å². The van der Waals surface area contributed by atoms with Crippen molar-refractivity contribution < 1.29 is 35.3 Å². The van der Waals surface area contributed by atoms with Crippen LogP contribution in [0.4, 0.5) is 18.9 Å². The van der Waals surface area contributed by atoms with Gasteiger partial charge in [-0.15, -0.1) is 0 Å². The Morgan fingerprint density at radius 1 is 0.925 bits per heavy atom. The highest BCUT2D eigenvalue weighted by atomic mass is 32.2. The van der Waals surface area contributed by atoms with Crippen LogP contribution in [0.2, 0.25) is 0 Å². The largest absolute Gasteiger partial charge is 0.493 e. The van der Waals surface area contributed by atoms with E-state index in [-0.39, 0.29) is 31.3 Å². The lowest BCUT2D eigenvalue weighted by Crippen LogP contribution is -2.27. The summed E-state index contributed by atoms with van der Waals surface area (Å²) in [6, 6.07) is 20.6. The molecule has 0 aromatic heterocycles. The van der Waals surface area contributed by atoms with E-state index in [0.717, 1.165) is 34.2 Å². The molecule has 0 atom stereocenters. The van der Waals surface area contributed by atoms with E-state index >= 15 is 0 Å². The summed E-state index contributed by atoms with van der Waals surface area (Å²) in [5.41, 5.74) is -0.446. The summed E-state index contributed by atoms with van der Waals surface area (Å²) in [7, 11) is -2.90. The van der Waals surface area contributed by atoms with Gasteiger partial charge in [0.15, 0.2) is 15.8 Å². The second-order valence-electron chi connectivity index (χ2n) is 8.49. The fraction of sp³-hybridized carbons (Fsp3) is 0.0714. The maximum atomic E-state index is 13.2. The zero-order valence-electron chi connectivity index (χ0n) is 20.5. The van der Waals surface area contributed by atoms with Crippen LogP contribution >= 0.6 is 24.0 Å². The highest BCUT2D eigenvalue weighted by Crippen LogP contribution is 2.39. The third kappa shape index (κ3) is 5.42. The summed E-state index contributed by atoms with van der Waals surface area (Å²) in [5, 5.41) is 1.24. The maximum absolute atomic E-state index is 13.2. The molecule has 0 radical (unpaired) electrons. The van der Waals surface area contributed by atoms with Crippen LogP contribution in [-0.4, -0.2) is 25.8 Å². The molecule has 0 saturated carbocycles. The molecule has 204 valence electrons. The molecule has 1 aliphatic rings. The number of benzene rings is 4. The zero-order chi connectivity index (χ0) is 28.7. The molecule has 1 fully saturated rings. The van der Waals surface area contributed by atoms with E-state index in [4.69, 9.17) is 21.1 Å². The molecule has 1 heterocycles. The van der Waals surface area contributed by atoms with Gasteiger partial charge in [0.2, 0.25) is 0 Å². The molecule has 12 heteroatoms. The number of methoxy groups -OCH3 is 1. The van der Waals surface area contributed by atoms with Crippen molar-refractivity contribution in [3.05, 3.63) is 101 Å². The maximum Gasteiger partial charge on any atom is 0.416 e. The Bertz CT molecular complexity index is 1800. The molecule has 1 saturated heterocycles. The summed E-state index contributed by atoms with van der Waals surface area (Å²) >= 11 is 6.20. The molecule has 0 aliphatic carbocycles. The summed E-state index contributed by atoms with van der Waals surface area (Å²) < 4.78 is 76.7. The van der Waals surface area contributed by atoms with Crippen molar-refractivity contribution in [3.63, 3.8) is 0 Å². The van der Waals surface area contributed by atoms with Gasteiger partial charge in [-0.2, -0.15) is 21.6 Å². The van der Waals surface area contributed by atoms with Crippen LogP contribution < -0.4 is 13.8 Å². The molecule has 5 rings (SSSR count). The molecule has 0 bridgehead atoms. The minimum atomic E-state index is -4.58. The number of thiocarbonyl (C=S) groups is 1. The number of halogens is 3. The van der Waals surface area contributed by atoms with Crippen LogP contribution in [0, 0.1) is 0 Å². The van der Waals surface area contributed by atoms with Gasteiger partial charge >= 0.3 is 16.3 Å². The van der Waals surface area contributed by atoms with E-state index in [9.17, 15) is 26.4 Å². The van der Waals surface area contributed by atoms with Crippen molar-refractivity contribution in [2.24, 2.45) is 0 Å². The molecule has 40 heavy (non-hydrogen) atoms. The van der Waals surface area contributed by atoms with Crippen LogP contribution in [0.25, 0.3) is 16.8 Å². The predicted octanol–water partition coefficient (Wildman–Crippen LogP) is 7.04. The quantitative estimate of drug-likeness (QED) is 0.133. The Kier molecular flexibility index (Phi) is 7.34. The second kappa shape index (κ2) is 10.6. The van der Waals surface area contributed by atoms with Crippen LogP contribution in [-0.2, 0) is 21.1 Å². The lowest BCUT2D eigenvalue weighted by atomic mass is 10.1. The summed E-state index contributed by atoms with van der Waals surface area (Å²) in [4.78, 5) is 14.3. The van der Waals surface area contributed by atoms with Crippen molar-refractivity contribution >= 4 is 66.9 Å². The number of carbonyl (C=O) groups is 1. The van der Waals surface area contributed by atoms with Crippen LogP contribution in [0.15, 0.2) is 94.7 Å². The first kappa shape index (κ1) is 27.7. The Morgan fingerprint density at radius 3 is 2.40 bits per heavy atom. The SMILES string of the molecule is COc1cc(/C=C2/SC(=S)N(c3cccc(C(F)(F)F)c3)C2=O)ccc1OS(=O)(=O)c1cccc2ccccc12. The van der Waals surface area contributed by atoms with E-state index in [1.54, 1.807) is 36.4 Å². The average Bonchev–Trinajstić information content (AvgIpc) is 3.20. The number of rotatable bonds is 6. The zero-order valence-corrected chi connectivity index (χ0v) is 23.0. The lowest BCUT2D eigenvalue weighted by Gasteiger charge is -2.16. The number of fused-ring (bicyclic) bond motifs is 1. The first-order valence-corrected chi connectivity index (χ1v) is 14.2. The molecule has 1 amide bonds. The first-order valence-electron chi connectivity index (χ1n) is 11.5. The minimum Gasteiger partial charge on any atom is -0.493 e. The number of carbonyl (C=O) groups excluding carboxylic acids is 1. The predicted molar refractivity (Wildman–Crippen MR) is 152 cm³/mol. The topological polar surface area (TPSA) is 72.9 Å². The van der Waals surface area contributed by atoms with Gasteiger partial charge in [0.1, 0.15) is 4.90 Å². The summed E-state index contributed by atoms with van der Waals surface area (Å²) in [6.07, 6.45) is -3.09. The monoisotopic (exact) mass is 601 g/mol. The third-order valence-corrected chi connectivity index (χ3v) is 8.53. The lowest BCUT2D eigenvalue weighted by molar-refractivity contribution is -0.137. The Labute approximate surface area is 237 Å². The van der Waals surface area contributed by atoms with E-state index in [1.807, 2.05) is 0 Å². The second-order valence-corrected chi connectivity index (χ2v) is 11.7. The molecule has 4 aromatic carbocycles. The van der Waals surface area contributed by atoms with Gasteiger partial charge in [-0.1, -0.05) is 72.5 Å². The van der Waals surface area contributed by atoms with E-state index in [1.165, 1.54) is 49.6 Å². The summed E-state index contributed by atoms with van der Waals surface area (Å²) in [6.45, 7) is 0. The molecule has 0 unspecified atom stereocenters.